The standard InChI is InChI=1S/C29H32F3NO2/c1-19-9-11-22(12-10-19)17-25(23-8-6-7-20(2)15-23)21(3)16-26(34)28(4,5)35-27-14-13-24(18-33-27)29(30,31)32/h6-15,18,21,25H,16-17H2,1-5H3. The molecule has 3 rings (SSSR count). The van der Waals surface area contributed by atoms with E-state index < -0.39 is 17.3 Å². The van der Waals surface area contributed by atoms with E-state index in [0.717, 1.165) is 24.1 Å². The quantitative estimate of drug-likeness (QED) is 0.316. The van der Waals surface area contributed by atoms with Crippen molar-refractivity contribution in [3.8, 4) is 5.88 Å². The summed E-state index contributed by atoms with van der Waals surface area (Å²) in [5.74, 6) is -0.0252. The van der Waals surface area contributed by atoms with E-state index in [9.17, 15) is 18.0 Å². The number of rotatable bonds is 9. The lowest BCUT2D eigenvalue weighted by Crippen LogP contribution is -2.39. The highest BCUT2D eigenvalue weighted by atomic mass is 19.4. The smallest absolute Gasteiger partial charge is 0.417 e. The third kappa shape index (κ3) is 7.17. The minimum atomic E-state index is -4.48. The first-order chi connectivity index (χ1) is 16.3. The summed E-state index contributed by atoms with van der Waals surface area (Å²) in [4.78, 5) is 17.0. The Bertz CT molecular complexity index is 1140. The van der Waals surface area contributed by atoms with Gasteiger partial charge in [0.25, 0.3) is 0 Å². The number of aryl methyl sites for hydroxylation is 2. The zero-order valence-electron chi connectivity index (χ0n) is 20.8. The lowest BCUT2D eigenvalue weighted by molar-refractivity contribution is -0.138. The first-order valence-electron chi connectivity index (χ1n) is 11.7. The third-order valence-corrected chi connectivity index (χ3v) is 6.34. The highest BCUT2D eigenvalue weighted by molar-refractivity contribution is 5.87. The van der Waals surface area contributed by atoms with E-state index in [1.54, 1.807) is 13.8 Å². The van der Waals surface area contributed by atoms with Crippen LogP contribution in [-0.2, 0) is 17.4 Å². The number of hydrogen-bond acceptors (Lipinski definition) is 3. The summed E-state index contributed by atoms with van der Waals surface area (Å²) in [5, 5.41) is 0. The van der Waals surface area contributed by atoms with Gasteiger partial charge in [-0.3, -0.25) is 4.79 Å². The molecule has 2 unspecified atom stereocenters. The zero-order chi connectivity index (χ0) is 25.8. The van der Waals surface area contributed by atoms with E-state index in [1.807, 2.05) is 6.07 Å². The van der Waals surface area contributed by atoms with Crippen LogP contribution in [0.15, 0.2) is 66.9 Å². The molecule has 0 spiro atoms. The van der Waals surface area contributed by atoms with Crippen LogP contribution in [0, 0.1) is 19.8 Å². The van der Waals surface area contributed by atoms with Gasteiger partial charge in [-0.15, -0.1) is 0 Å². The summed E-state index contributed by atoms with van der Waals surface area (Å²) in [7, 11) is 0. The molecule has 0 N–H and O–H groups in total. The molecule has 0 amide bonds. The predicted octanol–water partition coefficient (Wildman–Crippen LogP) is 7.50. The van der Waals surface area contributed by atoms with E-state index in [0.29, 0.717) is 6.20 Å². The van der Waals surface area contributed by atoms with Crippen molar-refractivity contribution in [3.63, 3.8) is 0 Å². The number of aromatic nitrogens is 1. The first-order valence-corrected chi connectivity index (χ1v) is 11.7. The van der Waals surface area contributed by atoms with Crippen LogP contribution in [0.1, 0.15) is 60.9 Å². The van der Waals surface area contributed by atoms with Crippen LogP contribution in [0.25, 0.3) is 0 Å². The number of alkyl halides is 3. The zero-order valence-corrected chi connectivity index (χ0v) is 20.8. The maximum atomic E-state index is 13.3. The fourth-order valence-electron chi connectivity index (χ4n) is 4.13. The van der Waals surface area contributed by atoms with Gasteiger partial charge in [0.1, 0.15) is 0 Å². The van der Waals surface area contributed by atoms with Crippen molar-refractivity contribution in [1.29, 1.82) is 0 Å². The van der Waals surface area contributed by atoms with Crippen molar-refractivity contribution in [1.82, 2.24) is 4.98 Å². The van der Waals surface area contributed by atoms with E-state index >= 15 is 0 Å². The second-order valence-electron chi connectivity index (χ2n) is 9.81. The maximum Gasteiger partial charge on any atom is 0.417 e. The van der Waals surface area contributed by atoms with Gasteiger partial charge in [0.15, 0.2) is 11.4 Å². The molecule has 0 aliphatic carbocycles. The van der Waals surface area contributed by atoms with Gasteiger partial charge in [-0.2, -0.15) is 13.2 Å². The Kier molecular flexibility index (Phi) is 8.04. The average Bonchev–Trinajstić information content (AvgIpc) is 2.78. The van der Waals surface area contributed by atoms with Crippen molar-refractivity contribution in [2.45, 2.75) is 65.2 Å². The van der Waals surface area contributed by atoms with Crippen molar-refractivity contribution >= 4 is 5.78 Å². The Morgan fingerprint density at radius 3 is 2.23 bits per heavy atom. The Labute approximate surface area is 205 Å². The fraction of sp³-hybridized carbons (Fsp3) is 0.379. The van der Waals surface area contributed by atoms with Gasteiger partial charge in [-0.1, -0.05) is 66.6 Å². The van der Waals surface area contributed by atoms with Gasteiger partial charge in [0.05, 0.1) is 5.56 Å². The summed E-state index contributed by atoms with van der Waals surface area (Å²) in [6.07, 6.45) is -2.71. The van der Waals surface area contributed by atoms with Crippen molar-refractivity contribution in [2.75, 3.05) is 0 Å². The van der Waals surface area contributed by atoms with Crippen LogP contribution in [0.2, 0.25) is 0 Å². The maximum absolute atomic E-state index is 13.3. The van der Waals surface area contributed by atoms with Gasteiger partial charge in [-0.05, 0) is 63.1 Å². The Morgan fingerprint density at radius 1 is 0.971 bits per heavy atom. The molecule has 2 atom stereocenters. The first kappa shape index (κ1) is 26.5. The van der Waals surface area contributed by atoms with E-state index in [4.69, 9.17) is 4.74 Å². The van der Waals surface area contributed by atoms with E-state index in [1.165, 1.54) is 16.7 Å². The van der Waals surface area contributed by atoms with E-state index in [-0.39, 0.29) is 29.9 Å². The number of carbonyl (C=O) groups excluding carboxylic acids is 1. The van der Waals surface area contributed by atoms with Crippen LogP contribution in [0.5, 0.6) is 5.88 Å². The molecule has 2 aromatic carbocycles. The van der Waals surface area contributed by atoms with Gasteiger partial charge >= 0.3 is 6.18 Å². The molecule has 0 saturated carbocycles. The number of nitrogens with zero attached hydrogens (tertiary/aromatic N) is 1. The van der Waals surface area contributed by atoms with Crippen LogP contribution in [-0.4, -0.2) is 16.4 Å². The highest BCUT2D eigenvalue weighted by Crippen LogP contribution is 2.34. The minimum absolute atomic E-state index is 0.00837. The monoisotopic (exact) mass is 483 g/mol. The summed E-state index contributed by atoms with van der Waals surface area (Å²) < 4.78 is 44.2. The van der Waals surface area contributed by atoms with Crippen molar-refractivity contribution < 1.29 is 22.7 Å². The molecule has 35 heavy (non-hydrogen) atoms. The normalized spacial score (nSPS) is 13.8. The van der Waals surface area contributed by atoms with Crippen LogP contribution in [0.3, 0.4) is 0 Å². The predicted molar refractivity (Wildman–Crippen MR) is 132 cm³/mol. The van der Waals surface area contributed by atoms with Gasteiger partial charge in [-0.25, -0.2) is 4.98 Å². The summed E-state index contributed by atoms with van der Waals surface area (Å²) in [6, 6.07) is 18.8. The SMILES string of the molecule is Cc1ccc(CC(c2cccc(C)c2)C(C)CC(=O)C(C)(C)Oc2ccc(C(F)(F)F)cn2)cc1. The number of pyridine rings is 1. The lowest BCUT2D eigenvalue weighted by atomic mass is 9.78. The van der Waals surface area contributed by atoms with Crippen LogP contribution in [0.4, 0.5) is 13.2 Å². The van der Waals surface area contributed by atoms with Crippen LogP contribution < -0.4 is 4.74 Å². The molecule has 0 aliphatic heterocycles. The molecule has 0 radical (unpaired) electrons. The number of Topliss-reactive ketones (excluding diaryl/α,β-unsaturated/α-hetero) is 1. The topological polar surface area (TPSA) is 39.2 Å². The summed E-state index contributed by atoms with van der Waals surface area (Å²) >= 11 is 0. The second-order valence-corrected chi connectivity index (χ2v) is 9.81. The molecule has 0 aliphatic rings. The molecule has 0 bridgehead atoms. The third-order valence-electron chi connectivity index (χ3n) is 6.34. The second kappa shape index (κ2) is 10.6. The van der Waals surface area contributed by atoms with Gasteiger partial charge < -0.3 is 4.74 Å². The number of halogens is 3. The average molecular weight is 484 g/mol. The Hall–Kier alpha value is -3.15. The fourth-order valence-corrected chi connectivity index (χ4v) is 4.13. The molecule has 3 aromatic rings. The number of ketones is 1. The lowest BCUT2D eigenvalue weighted by Gasteiger charge is -2.29. The number of benzene rings is 2. The summed E-state index contributed by atoms with van der Waals surface area (Å²) in [5.41, 5.74) is 2.63. The minimum Gasteiger partial charge on any atom is -0.464 e. The number of hydrogen-bond donors (Lipinski definition) is 0. The molecule has 1 aromatic heterocycles. The molecule has 186 valence electrons. The number of ether oxygens (including phenoxy) is 1. The molecule has 0 saturated heterocycles. The Morgan fingerprint density at radius 2 is 1.66 bits per heavy atom. The largest absolute Gasteiger partial charge is 0.464 e. The molecule has 6 heteroatoms. The van der Waals surface area contributed by atoms with Crippen molar-refractivity contribution in [3.05, 3.63) is 94.7 Å². The highest BCUT2D eigenvalue weighted by Gasteiger charge is 2.34. The molecular formula is C29H32F3NO2. The van der Waals surface area contributed by atoms with Crippen LogP contribution >= 0.6 is 0 Å². The Balaban J connectivity index is 1.76. The summed E-state index contributed by atoms with van der Waals surface area (Å²) in [6.45, 7) is 9.42. The van der Waals surface area contributed by atoms with Gasteiger partial charge in [0.2, 0.25) is 5.88 Å². The molecular weight excluding hydrogens is 451 g/mol. The van der Waals surface area contributed by atoms with Gasteiger partial charge in [0, 0.05) is 18.7 Å². The molecule has 0 fully saturated rings. The van der Waals surface area contributed by atoms with Crippen molar-refractivity contribution in [2.24, 2.45) is 5.92 Å². The van der Waals surface area contributed by atoms with E-state index in [2.05, 4.69) is 68.2 Å². The number of carbonyl (C=O) groups is 1. The molecule has 3 nitrogen and oxygen atoms in total. The molecule has 1 heterocycles.